The van der Waals surface area contributed by atoms with Gasteiger partial charge < -0.3 is 43.6 Å². The molecule has 4 bridgehead atoms. The topological polar surface area (TPSA) is 164 Å². The van der Waals surface area contributed by atoms with Crippen molar-refractivity contribution in [1.82, 2.24) is 20.1 Å². The number of phenols is 1. The van der Waals surface area contributed by atoms with E-state index >= 15 is 0 Å². The van der Waals surface area contributed by atoms with E-state index in [1.807, 2.05) is 50.1 Å². The first-order valence-corrected chi connectivity index (χ1v) is 20.0. The highest BCUT2D eigenvalue weighted by atomic mass is 32.2. The van der Waals surface area contributed by atoms with Crippen LogP contribution < -0.4 is 29.0 Å². The number of carbonyl (C=O) groups is 2. The zero-order chi connectivity index (χ0) is 38.9. The summed E-state index contributed by atoms with van der Waals surface area (Å²) in [5.41, 5.74) is 5.79. The molecule has 15 heteroatoms. The van der Waals surface area contributed by atoms with Crippen LogP contribution >= 0.6 is 11.8 Å². The molecule has 0 aliphatic carbocycles. The summed E-state index contributed by atoms with van der Waals surface area (Å²) < 4.78 is 36.2. The Balaban J connectivity index is 1.23. The maximum atomic E-state index is 14.9. The number of esters is 2. The van der Waals surface area contributed by atoms with E-state index in [0.29, 0.717) is 59.1 Å². The number of nitrogens with one attached hydrogen (secondary N) is 2. The first kappa shape index (κ1) is 35.7. The van der Waals surface area contributed by atoms with E-state index < -0.39 is 47.1 Å². The first-order chi connectivity index (χ1) is 27.0. The van der Waals surface area contributed by atoms with E-state index in [1.54, 1.807) is 14.2 Å². The Morgan fingerprint density at radius 2 is 1.86 bits per heavy atom. The van der Waals surface area contributed by atoms with Crippen LogP contribution in [0.4, 0.5) is 0 Å². The quantitative estimate of drug-likeness (QED) is 0.173. The van der Waals surface area contributed by atoms with Gasteiger partial charge in [0, 0.05) is 58.4 Å². The van der Waals surface area contributed by atoms with Crippen molar-refractivity contribution in [3.8, 4) is 34.5 Å². The predicted octanol–water partition coefficient (Wildman–Crippen LogP) is 4.19. The molecule has 3 aromatic carbocycles. The molecular formula is C41H44N4O10S. The third-order valence-electron chi connectivity index (χ3n) is 12.9. The second kappa shape index (κ2) is 12.7. The van der Waals surface area contributed by atoms with Crippen LogP contribution in [-0.2, 0) is 32.7 Å². The maximum absolute atomic E-state index is 14.9. The molecule has 0 amide bonds. The van der Waals surface area contributed by atoms with Gasteiger partial charge in [0.2, 0.25) is 6.79 Å². The molecule has 1 aromatic heterocycles. The Morgan fingerprint density at radius 1 is 1.05 bits per heavy atom. The smallest absolute Gasteiger partial charge is 0.333 e. The zero-order valence-electron chi connectivity index (χ0n) is 32.0. The van der Waals surface area contributed by atoms with Gasteiger partial charge in [0.05, 0.1) is 43.3 Å². The number of hydrogen-bond donors (Lipinski definition) is 4. The number of aryl methyl sites for hydroxylation is 1. The van der Waals surface area contributed by atoms with Gasteiger partial charge >= 0.3 is 11.9 Å². The molecule has 11 rings (SSSR count). The SMILES string of the molecule is COc1ccc2[nH]c3c(c2c1)CCN[C@@]31CS[C@@H]2c3c(OC(C)=O)c(C)c4c(c3C(COC1=O)N1C2[C@H]2c3c(cc(C)c(OC)c3O)CC([C@@H]1O)N2C)OCO4. The average molecular weight is 785 g/mol. The molecule has 7 aliphatic heterocycles. The molecule has 294 valence electrons. The molecule has 8 heterocycles. The molecule has 7 atom stereocenters. The normalized spacial score (nSPS) is 28.9. The van der Waals surface area contributed by atoms with Crippen LogP contribution in [-0.4, -0.2) is 102 Å². The molecule has 3 unspecified atom stereocenters. The molecule has 2 fully saturated rings. The van der Waals surface area contributed by atoms with E-state index in [0.717, 1.165) is 44.6 Å². The van der Waals surface area contributed by atoms with E-state index in [4.69, 9.17) is 28.4 Å². The second-order valence-electron chi connectivity index (χ2n) is 15.6. The summed E-state index contributed by atoms with van der Waals surface area (Å²) in [6, 6.07) is 5.77. The number of aliphatic hydroxyl groups excluding tert-OH is 1. The fourth-order valence-electron chi connectivity index (χ4n) is 10.6. The van der Waals surface area contributed by atoms with Crippen molar-refractivity contribution in [2.75, 3.05) is 47.0 Å². The number of aliphatic hydroxyl groups is 1. The fraction of sp³-hybridized carbons (Fsp3) is 0.463. The number of fused-ring (bicyclic) bond motifs is 11. The molecule has 0 saturated carbocycles. The molecular weight excluding hydrogens is 741 g/mol. The lowest BCUT2D eigenvalue weighted by Crippen LogP contribution is -2.70. The Kier molecular flexibility index (Phi) is 8.08. The Bertz CT molecular complexity index is 2360. The molecule has 0 radical (unpaired) electrons. The Labute approximate surface area is 327 Å². The minimum Gasteiger partial charge on any atom is -0.504 e. The number of rotatable bonds is 3. The number of aromatic amines is 1. The molecule has 14 nitrogen and oxygen atoms in total. The van der Waals surface area contributed by atoms with Crippen molar-refractivity contribution in [1.29, 1.82) is 0 Å². The van der Waals surface area contributed by atoms with Crippen molar-refractivity contribution < 1.29 is 48.2 Å². The summed E-state index contributed by atoms with van der Waals surface area (Å²) in [6.45, 7) is 5.46. The van der Waals surface area contributed by atoms with Crippen LogP contribution in [0, 0.1) is 13.8 Å². The largest absolute Gasteiger partial charge is 0.504 e. The van der Waals surface area contributed by atoms with E-state index in [2.05, 4.69) is 15.2 Å². The van der Waals surface area contributed by atoms with Gasteiger partial charge in [0.1, 0.15) is 24.3 Å². The number of piperazine rings is 1. The summed E-state index contributed by atoms with van der Waals surface area (Å²) in [4.78, 5) is 35.6. The molecule has 4 N–H and O–H groups in total. The number of H-pyrrole nitrogens is 1. The highest BCUT2D eigenvalue weighted by Crippen LogP contribution is 2.64. The number of nitrogens with zero attached hydrogens (tertiary/aromatic N) is 2. The van der Waals surface area contributed by atoms with Gasteiger partial charge in [-0.25, -0.2) is 4.79 Å². The van der Waals surface area contributed by atoms with Gasteiger partial charge in [-0.2, -0.15) is 0 Å². The maximum Gasteiger partial charge on any atom is 0.333 e. The monoisotopic (exact) mass is 784 g/mol. The number of aromatic hydroxyl groups is 1. The number of thioether (sulfide) groups is 1. The zero-order valence-corrected chi connectivity index (χ0v) is 32.8. The van der Waals surface area contributed by atoms with Crippen LogP contribution in [0.15, 0.2) is 24.3 Å². The highest BCUT2D eigenvalue weighted by molar-refractivity contribution is 7.99. The minimum atomic E-state index is -1.28. The van der Waals surface area contributed by atoms with E-state index in [9.17, 15) is 19.8 Å². The third kappa shape index (κ3) is 4.71. The predicted molar refractivity (Wildman–Crippen MR) is 205 cm³/mol. The molecule has 1 spiro atoms. The summed E-state index contributed by atoms with van der Waals surface area (Å²) in [5, 5.41) is 28.7. The van der Waals surface area contributed by atoms with Crippen LogP contribution in [0.5, 0.6) is 34.5 Å². The lowest BCUT2D eigenvalue weighted by atomic mass is 9.73. The van der Waals surface area contributed by atoms with Crippen LogP contribution in [0.25, 0.3) is 10.9 Å². The first-order valence-electron chi connectivity index (χ1n) is 18.9. The number of likely N-dealkylation sites (N-methyl/N-ethyl adjacent to an activating group) is 1. The van der Waals surface area contributed by atoms with Gasteiger partial charge in [0.25, 0.3) is 0 Å². The van der Waals surface area contributed by atoms with Crippen LogP contribution in [0.3, 0.4) is 0 Å². The van der Waals surface area contributed by atoms with E-state index in [-0.39, 0.29) is 30.9 Å². The average Bonchev–Trinajstić information content (AvgIpc) is 3.82. The number of carbonyl (C=O) groups excluding carboxylic acids is 2. The van der Waals surface area contributed by atoms with Crippen LogP contribution in [0.1, 0.15) is 68.9 Å². The number of ether oxygens (including phenoxy) is 6. The number of phenolic OH excluding ortho intramolecular Hbond substituents is 1. The Hall–Kier alpha value is -4.67. The number of aromatic nitrogens is 1. The Morgan fingerprint density at radius 3 is 2.62 bits per heavy atom. The standard InChI is InChI=1S/C41H44N4O10S/c1-17-11-20-12-25-39(48)45-26-14-52-40(49)41(38-22(9-10-42-41)23-13-21(50-5)7-8-24(23)43-38)15-56-37(31(45)30(44(25)4)27(20)32(47)33(17)51-6)29-28(26)36-35(53-16-54-36)18(2)34(29)55-19(3)46/h7-8,11,13,25-26,30-31,37,39,42-43,47-48H,9-10,12,14-16H2,1-6H3/t25?,26?,30-,31?,37-,39+,41+/m1/s1. The van der Waals surface area contributed by atoms with Crippen molar-refractivity contribution in [3.05, 3.63) is 68.9 Å². The summed E-state index contributed by atoms with van der Waals surface area (Å²) >= 11 is 1.53. The number of methoxy groups -OCH3 is 2. The molecule has 7 aliphatic rings. The van der Waals surface area contributed by atoms with Gasteiger partial charge in [-0.3, -0.25) is 19.9 Å². The van der Waals surface area contributed by atoms with Gasteiger partial charge in [0.15, 0.2) is 28.5 Å². The van der Waals surface area contributed by atoms with Gasteiger partial charge in [-0.1, -0.05) is 6.07 Å². The molecule has 56 heavy (non-hydrogen) atoms. The van der Waals surface area contributed by atoms with Crippen molar-refractivity contribution >= 4 is 34.6 Å². The van der Waals surface area contributed by atoms with Crippen molar-refractivity contribution in [2.24, 2.45) is 0 Å². The summed E-state index contributed by atoms with van der Waals surface area (Å²) in [7, 11) is 5.17. The van der Waals surface area contributed by atoms with Crippen LogP contribution in [0.2, 0.25) is 0 Å². The highest BCUT2D eigenvalue weighted by Gasteiger charge is 2.61. The summed E-state index contributed by atoms with van der Waals surface area (Å²) in [6.07, 6.45) is 0.129. The van der Waals surface area contributed by atoms with Crippen molar-refractivity contribution in [2.45, 2.75) is 74.8 Å². The molecule has 2 saturated heterocycles. The fourth-order valence-corrected chi connectivity index (χ4v) is 12.2. The number of hydrogen-bond acceptors (Lipinski definition) is 14. The van der Waals surface area contributed by atoms with Gasteiger partial charge in [-0.15, -0.1) is 11.8 Å². The summed E-state index contributed by atoms with van der Waals surface area (Å²) in [5.74, 6) is 1.73. The van der Waals surface area contributed by atoms with E-state index in [1.165, 1.54) is 18.7 Å². The minimum absolute atomic E-state index is 0.0439. The lowest BCUT2D eigenvalue weighted by molar-refractivity contribution is -0.186. The molecule has 4 aromatic rings. The number of benzene rings is 3. The second-order valence-corrected chi connectivity index (χ2v) is 16.8. The van der Waals surface area contributed by atoms with Gasteiger partial charge in [-0.05, 0) is 68.6 Å². The third-order valence-corrected chi connectivity index (χ3v) is 14.4. The lowest BCUT2D eigenvalue weighted by Gasteiger charge is -2.62. The van der Waals surface area contributed by atoms with Crippen molar-refractivity contribution in [3.63, 3.8) is 0 Å².